The largest absolute Gasteiger partial charge is 0.423 e. The number of amides is 1. The first-order chi connectivity index (χ1) is 12.3. The third-order valence-electron chi connectivity index (χ3n) is 5.69. The Morgan fingerprint density at radius 3 is 2.30 bits per heavy atom. The first-order valence-electron chi connectivity index (χ1n) is 9.48. The minimum absolute atomic E-state index is 0.125. The summed E-state index contributed by atoms with van der Waals surface area (Å²) in [6, 6.07) is -0.669. The third kappa shape index (κ3) is 3.60. The second-order valence-electron chi connectivity index (χ2n) is 9.78. The van der Waals surface area contributed by atoms with E-state index in [1.807, 2.05) is 27.7 Å². The van der Waals surface area contributed by atoms with Crippen molar-refractivity contribution in [1.82, 2.24) is 15.1 Å². The van der Waals surface area contributed by atoms with Crippen molar-refractivity contribution in [3.63, 3.8) is 0 Å². The summed E-state index contributed by atoms with van der Waals surface area (Å²) in [7, 11) is 0. The van der Waals surface area contributed by atoms with Crippen LogP contribution in [0.2, 0.25) is 0 Å². The molecule has 2 heterocycles. The molecule has 0 spiro atoms. The molecule has 1 aromatic rings. The monoisotopic (exact) mass is 385 g/mol. The maximum absolute atomic E-state index is 15.4. The van der Waals surface area contributed by atoms with Gasteiger partial charge in [0.05, 0.1) is 0 Å². The van der Waals surface area contributed by atoms with Crippen LogP contribution in [0.15, 0.2) is 4.42 Å². The Labute approximate surface area is 158 Å². The Kier molecular flexibility index (Phi) is 4.65. The van der Waals surface area contributed by atoms with Crippen molar-refractivity contribution in [1.29, 1.82) is 0 Å². The molecule has 1 saturated carbocycles. The Morgan fingerprint density at radius 1 is 1.19 bits per heavy atom. The maximum Gasteiger partial charge on any atom is 0.352 e. The average molecular weight is 385 g/mol. The second kappa shape index (κ2) is 6.22. The Morgan fingerprint density at radius 2 is 1.78 bits per heavy atom. The number of halogens is 2. The minimum Gasteiger partial charge on any atom is -0.423 e. The molecule has 8 heteroatoms. The summed E-state index contributed by atoms with van der Waals surface area (Å²) >= 11 is 0. The number of nitrogens with zero attached hydrogens (tertiary/aromatic N) is 3. The molecule has 1 atom stereocenters. The molecule has 1 saturated heterocycles. The van der Waals surface area contributed by atoms with E-state index in [2.05, 4.69) is 10.2 Å². The second-order valence-corrected chi connectivity index (χ2v) is 9.78. The standard InChI is InChI=1S/C19H29F2N3O3/c1-12-22-23-14(27-12)13-7-6-8-24(13)15(25)19(20,21)18(26)10-16(2,3)9-17(4,5)11-18/h13,26H,6-11H2,1-5H3/t13-/m0/s1. The minimum atomic E-state index is -3.89. The average Bonchev–Trinajstić information content (AvgIpc) is 3.10. The topological polar surface area (TPSA) is 79.5 Å². The Balaban J connectivity index is 1.90. The zero-order valence-electron chi connectivity index (χ0n) is 16.7. The number of aliphatic hydroxyl groups is 1. The number of alkyl halides is 2. The lowest BCUT2D eigenvalue weighted by molar-refractivity contribution is -0.231. The van der Waals surface area contributed by atoms with Gasteiger partial charge in [-0.3, -0.25) is 4.79 Å². The van der Waals surface area contributed by atoms with E-state index in [0.29, 0.717) is 25.2 Å². The molecule has 0 aromatic carbocycles. The lowest BCUT2D eigenvalue weighted by Crippen LogP contribution is -2.62. The SMILES string of the molecule is Cc1nnc([C@@H]2CCCN2C(=O)C(F)(F)C2(O)CC(C)(C)CC(C)(C)C2)o1. The van der Waals surface area contributed by atoms with E-state index in [4.69, 9.17) is 4.42 Å². The van der Waals surface area contributed by atoms with Crippen LogP contribution in [0.25, 0.3) is 0 Å². The van der Waals surface area contributed by atoms with Gasteiger partial charge in [0.25, 0.3) is 5.91 Å². The van der Waals surface area contributed by atoms with Crippen LogP contribution >= 0.6 is 0 Å². The van der Waals surface area contributed by atoms with E-state index in [1.165, 1.54) is 0 Å². The van der Waals surface area contributed by atoms with Crippen LogP contribution in [0, 0.1) is 17.8 Å². The summed E-state index contributed by atoms with van der Waals surface area (Å²) in [5, 5.41) is 18.7. The van der Waals surface area contributed by atoms with Gasteiger partial charge in [-0.05, 0) is 42.9 Å². The first kappa shape index (κ1) is 20.2. The van der Waals surface area contributed by atoms with Crippen LogP contribution in [0.4, 0.5) is 8.78 Å². The number of rotatable bonds is 3. The summed E-state index contributed by atoms with van der Waals surface area (Å²) in [4.78, 5) is 14.0. The molecule has 2 aliphatic rings. The fourth-order valence-electron chi connectivity index (χ4n) is 5.38. The summed E-state index contributed by atoms with van der Waals surface area (Å²) < 4.78 is 36.2. The van der Waals surface area contributed by atoms with E-state index in [-0.39, 0.29) is 25.3 Å². The third-order valence-corrected chi connectivity index (χ3v) is 5.69. The molecule has 1 aliphatic carbocycles. The van der Waals surface area contributed by atoms with Crippen LogP contribution in [0.1, 0.15) is 77.6 Å². The van der Waals surface area contributed by atoms with Crippen molar-refractivity contribution in [2.75, 3.05) is 6.54 Å². The fourth-order valence-corrected chi connectivity index (χ4v) is 5.38. The van der Waals surface area contributed by atoms with Gasteiger partial charge in [-0.2, -0.15) is 8.78 Å². The van der Waals surface area contributed by atoms with Crippen LogP contribution in [-0.4, -0.2) is 44.2 Å². The van der Waals surface area contributed by atoms with Gasteiger partial charge in [0.1, 0.15) is 11.6 Å². The van der Waals surface area contributed by atoms with Crippen LogP contribution < -0.4 is 0 Å². The molecule has 0 radical (unpaired) electrons. The number of carbonyl (C=O) groups excluding carboxylic acids is 1. The van der Waals surface area contributed by atoms with Gasteiger partial charge < -0.3 is 14.4 Å². The lowest BCUT2D eigenvalue weighted by atomic mass is 9.58. The molecule has 1 aliphatic heterocycles. The zero-order chi connectivity index (χ0) is 20.3. The molecule has 2 fully saturated rings. The summed E-state index contributed by atoms with van der Waals surface area (Å²) in [5.41, 5.74) is -3.37. The molecule has 1 amide bonds. The summed E-state index contributed by atoms with van der Waals surface area (Å²) in [5.74, 6) is -4.74. The van der Waals surface area contributed by atoms with Gasteiger partial charge in [-0.1, -0.05) is 27.7 Å². The molecule has 1 aromatic heterocycles. The number of hydrogen-bond donors (Lipinski definition) is 1. The molecular weight excluding hydrogens is 356 g/mol. The quantitative estimate of drug-likeness (QED) is 0.859. The van der Waals surface area contributed by atoms with Crippen LogP contribution in [-0.2, 0) is 4.79 Å². The van der Waals surface area contributed by atoms with Gasteiger partial charge >= 0.3 is 5.92 Å². The van der Waals surface area contributed by atoms with E-state index >= 15 is 8.78 Å². The molecule has 0 bridgehead atoms. The van der Waals surface area contributed by atoms with Crippen molar-refractivity contribution in [3.05, 3.63) is 11.8 Å². The molecule has 6 nitrogen and oxygen atoms in total. The van der Waals surface area contributed by atoms with Crippen LogP contribution in [0.3, 0.4) is 0 Å². The predicted molar refractivity (Wildman–Crippen MR) is 94.0 cm³/mol. The van der Waals surface area contributed by atoms with Gasteiger partial charge in [0, 0.05) is 13.5 Å². The van der Waals surface area contributed by atoms with E-state index < -0.39 is 34.3 Å². The zero-order valence-corrected chi connectivity index (χ0v) is 16.7. The summed E-state index contributed by atoms with van der Waals surface area (Å²) in [6.07, 6.45) is 1.52. The molecule has 152 valence electrons. The highest BCUT2D eigenvalue weighted by Gasteiger charge is 2.65. The highest BCUT2D eigenvalue weighted by atomic mass is 19.3. The van der Waals surface area contributed by atoms with E-state index in [0.717, 1.165) is 4.90 Å². The van der Waals surface area contributed by atoms with E-state index in [1.54, 1.807) is 6.92 Å². The normalized spacial score (nSPS) is 27.0. The highest BCUT2D eigenvalue weighted by Crippen LogP contribution is 2.55. The number of likely N-dealkylation sites (tertiary alicyclic amines) is 1. The smallest absolute Gasteiger partial charge is 0.352 e. The first-order valence-corrected chi connectivity index (χ1v) is 9.48. The number of aryl methyl sites for hydroxylation is 1. The van der Waals surface area contributed by atoms with Crippen molar-refractivity contribution >= 4 is 5.91 Å². The fraction of sp³-hybridized carbons (Fsp3) is 0.842. The molecule has 27 heavy (non-hydrogen) atoms. The highest BCUT2D eigenvalue weighted by molar-refractivity contribution is 5.85. The molecular formula is C19H29F2N3O3. The molecule has 3 rings (SSSR count). The van der Waals surface area contributed by atoms with Crippen LogP contribution in [0.5, 0.6) is 0 Å². The van der Waals surface area contributed by atoms with Gasteiger partial charge in [0.15, 0.2) is 0 Å². The van der Waals surface area contributed by atoms with Crippen molar-refractivity contribution in [2.45, 2.75) is 84.3 Å². The number of carbonyl (C=O) groups is 1. The molecule has 1 N–H and O–H groups in total. The Bertz CT molecular complexity index is 714. The molecule has 0 unspecified atom stereocenters. The van der Waals surface area contributed by atoms with Gasteiger partial charge in [0.2, 0.25) is 11.8 Å². The van der Waals surface area contributed by atoms with Gasteiger partial charge in [-0.25, -0.2) is 0 Å². The van der Waals surface area contributed by atoms with Crippen molar-refractivity contribution in [2.24, 2.45) is 10.8 Å². The Hall–Kier alpha value is -1.57. The maximum atomic E-state index is 15.4. The number of aromatic nitrogens is 2. The summed E-state index contributed by atoms with van der Waals surface area (Å²) in [6.45, 7) is 9.24. The van der Waals surface area contributed by atoms with Gasteiger partial charge in [-0.15, -0.1) is 10.2 Å². The predicted octanol–water partition coefficient (Wildman–Crippen LogP) is 3.64. The lowest BCUT2D eigenvalue weighted by Gasteiger charge is -2.51. The van der Waals surface area contributed by atoms with Crippen molar-refractivity contribution in [3.8, 4) is 0 Å². The van der Waals surface area contributed by atoms with Crippen molar-refractivity contribution < 1.29 is 23.1 Å². The number of hydrogen-bond acceptors (Lipinski definition) is 5. The van der Waals surface area contributed by atoms with E-state index in [9.17, 15) is 9.90 Å².